The molecule has 2 heteroatoms. The summed E-state index contributed by atoms with van der Waals surface area (Å²) in [6.07, 6.45) is 7.91. The Morgan fingerprint density at radius 1 is 1.50 bits per heavy atom. The molecule has 1 aromatic rings. The van der Waals surface area contributed by atoms with Crippen molar-refractivity contribution in [3.05, 3.63) is 24.5 Å². The SMILES string of the molecule is CC(C)CC1CCCN(c2cccnc2)C1. The molecule has 1 aromatic heterocycles. The van der Waals surface area contributed by atoms with E-state index in [9.17, 15) is 0 Å². The maximum absolute atomic E-state index is 4.20. The highest BCUT2D eigenvalue weighted by molar-refractivity contribution is 5.43. The Labute approximate surface area is 98.7 Å². The summed E-state index contributed by atoms with van der Waals surface area (Å²) in [6.45, 7) is 7.05. The topological polar surface area (TPSA) is 16.1 Å². The van der Waals surface area contributed by atoms with Gasteiger partial charge in [-0.25, -0.2) is 0 Å². The molecule has 1 saturated heterocycles. The monoisotopic (exact) mass is 218 g/mol. The molecule has 1 unspecified atom stereocenters. The number of rotatable bonds is 3. The molecule has 2 heterocycles. The largest absolute Gasteiger partial charge is 0.370 e. The molecule has 1 aliphatic rings. The van der Waals surface area contributed by atoms with Gasteiger partial charge in [-0.3, -0.25) is 4.98 Å². The van der Waals surface area contributed by atoms with Crippen molar-refractivity contribution >= 4 is 5.69 Å². The second-order valence-electron chi connectivity index (χ2n) is 5.30. The molecular formula is C14H22N2. The molecule has 0 radical (unpaired) electrons. The van der Waals surface area contributed by atoms with Crippen LogP contribution >= 0.6 is 0 Å². The zero-order valence-electron chi connectivity index (χ0n) is 10.4. The number of pyridine rings is 1. The van der Waals surface area contributed by atoms with Crippen LogP contribution in [0.3, 0.4) is 0 Å². The Kier molecular flexibility index (Phi) is 3.81. The lowest BCUT2D eigenvalue weighted by Gasteiger charge is -2.35. The summed E-state index contributed by atoms with van der Waals surface area (Å²) in [4.78, 5) is 6.69. The number of aromatic nitrogens is 1. The molecule has 1 atom stereocenters. The predicted octanol–water partition coefficient (Wildman–Crippen LogP) is 3.34. The van der Waals surface area contributed by atoms with Gasteiger partial charge in [0.05, 0.1) is 11.9 Å². The van der Waals surface area contributed by atoms with Crippen molar-refractivity contribution in [1.29, 1.82) is 0 Å². The zero-order valence-corrected chi connectivity index (χ0v) is 10.4. The molecule has 1 aliphatic heterocycles. The highest BCUT2D eigenvalue weighted by Crippen LogP contribution is 2.26. The average Bonchev–Trinajstić information content (AvgIpc) is 2.30. The highest BCUT2D eigenvalue weighted by atomic mass is 15.1. The molecule has 0 saturated carbocycles. The van der Waals surface area contributed by atoms with E-state index < -0.39 is 0 Å². The van der Waals surface area contributed by atoms with Crippen LogP contribution in [0.15, 0.2) is 24.5 Å². The van der Waals surface area contributed by atoms with E-state index in [0.717, 1.165) is 11.8 Å². The van der Waals surface area contributed by atoms with Gasteiger partial charge < -0.3 is 4.90 Å². The third-order valence-electron chi connectivity index (χ3n) is 3.33. The van der Waals surface area contributed by atoms with Crippen LogP contribution in [0.4, 0.5) is 5.69 Å². The van der Waals surface area contributed by atoms with E-state index in [-0.39, 0.29) is 0 Å². The van der Waals surface area contributed by atoms with E-state index in [4.69, 9.17) is 0 Å². The van der Waals surface area contributed by atoms with E-state index >= 15 is 0 Å². The summed E-state index contributed by atoms with van der Waals surface area (Å²) in [5.41, 5.74) is 1.29. The normalized spacial score (nSPS) is 21.4. The van der Waals surface area contributed by atoms with Gasteiger partial charge in [0, 0.05) is 19.3 Å². The fourth-order valence-electron chi connectivity index (χ4n) is 2.70. The Morgan fingerprint density at radius 2 is 2.38 bits per heavy atom. The first-order valence-electron chi connectivity index (χ1n) is 6.40. The smallest absolute Gasteiger partial charge is 0.0552 e. The highest BCUT2D eigenvalue weighted by Gasteiger charge is 2.20. The fraction of sp³-hybridized carbons (Fsp3) is 0.643. The first kappa shape index (κ1) is 11.4. The Hall–Kier alpha value is -1.05. The van der Waals surface area contributed by atoms with Crippen molar-refractivity contribution < 1.29 is 0 Å². The van der Waals surface area contributed by atoms with Gasteiger partial charge in [0.2, 0.25) is 0 Å². The summed E-state index contributed by atoms with van der Waals surface area (Å²) < 4.78 is 0. The third-order valence-corrected chi connectivity index (χ3v) is 3.33. The molecule has 0 spiro atoms. The third kappa shape index (κ3) is 2.97. The molecule has 0 N–H and O–H groups in total. The first-order chi connectivity index (χ1) is 7.75. The summed E-state index contributed by atoms with van der Waals surface area (Å²) >= 11 is 0. The number of piperidine rings is 1. The quantitative estimate of drug-likeness (QED) is 0.773. The molecule has 1 fully saturated rings. The van der Waals surface area contributed by atoms with Gasteiger partial charge in [0.25, 0.3) is 0 Å². The zero-order chi connectivity index (χ0) is 11.4. The second kappa shape index (κ2) is 5.33. The second-order valence-corrected chi connectivity index (χ2v) is 5.30. The first-order valence-corrected chi connectivity index (χ1v) is 6.40. The van der Waals surface area contributed by atoms with E-state index in [1.54, 1.807) is 0 Å². The van der Waals surface area contributed by atoms with Crippen molar-refractivity contribution in [2.45, 2.75) is 33.1 Å². The molecule has 16 heavy (non-hydrogen) atoms. The van der Waals surface area contributed by atoms with Gasteiger partial charge in [0.1, 0.15) is 0 Å². The average molecular weight is 218 g/mol. The Bertz CT molecular complexity index is 308. The van der Waals surface area contributed by atoms with Crippen LogP contribution < -0.4 is 4.90 Å². The lowest BCUT2D eigenvalue weighted by molar-refractivity contribution is 0.347. The van der Waals surface area contributed by atoms with Gasteiger partial charge >= 0.3 is 0 Å². The molecule has 0 amide bonds. The molecular weight excluding hydrogens is 196 g/mol. The van der Waals surface area contributed by atoms with Crippen LogP contribution in [0.25, 0.3) is 0 Å². The fourth-order valence-corrected chi connectivity index (χ4v) is 2.70. The summed E-state index contributed by atoms with van der Waals surface area (Å²) in [7, 11) is 0. The number of anilines is 1. The molecule has 0 aromatic carbocycles. The van der Waals surface area contributed by atoms with Crippen molar-refractivity contribution in [1.82, 2.24) is 4.98 Å². The molecule has 2 nitrogen and oxygen atoms in total. The van der Waals surface area contributed by atoms with Crippen LogP contribution in [-0.2, 0) is 0 Å². The number of nitrogens with zero attached hydrogens (tertiary/aromatic N) is 2. The van der Waals surface area contributed by atoms with E-state index in [1.807, 2.05) is 18.5 Å². The van der Waals surface area contributed by atoms with Crippen LogP contribution in [0, 0.1) is 11.8 Å². The molecule has 0 bridgehead atoms. The van der Waals surface area contributed by atoms with Crippen molar-refractivity contribution in [2.24, 2.45) is 11.8 Å². The predicted molar refractivity (Wildman–Crippen MR) is 68.6 cm³/mol. The van der Waals surface area contributed by atoms with E-state index in [2.05, 4.69) is 29.8 Å². The van der Waals surface area contributed by atoms with Crippen molar-refractivity contribution in [2.75, 3.05) is 18.0 Å². The number of hydrogen-bond acceptors (Lipinski definition) is 2. The van der Waals surface area contributed by atoms with Gasteiger partial charge in [-0.15, -0.1) is 0 Å². The minimum absolute atomic E-state index is 0.818. The molecule has 2 rings (SSSR count). The lowest BCUT2D eigenvalue weighted by Crippen LogP contribution is -2.35. The maximum Gasteiger partial charge on any atom is 0.0552 e. The lowest BCUT2D eigenvalue weighted by atomic mass is 9.89. The molecule has 88 valence electrons. The van der Waals surface area contributed by atoms with Crippen LogP contribution in [0.5, 0.6) is 0 Å². The van der Waals surface area contributed by atoms with Gasteiger partial charge in [-0.05, 0) is 43.2 Å². The Balaban J connectivity index is 1.97. The van der Waals surface area contributed by atoms with Crippen LogP contribution in [0.2, 0.25) is 0 Å². The van der Waals surface area contributed by atoms with E-state index in [1.165, 1.54) is 38.0 Å². The summed E-state index contributed by atoms with van der Waals surface area (Å²) in [5.74, 6) is 1.69. The van der Waals surface area contributed by atoms with Gasteiger partial charge in [-0.1, -0.05) is 13.8 Å². The number of hydrogen-bond donors (Lipinski definition) is 0. The summed E-state index contributed by atoms with van der Waals surface area (Å²) in [5, 5.41) is 0. The minimum atomic E-state index is 0.818. The van der Waals surface area contributed by atoms with Crippen LogP contribution in [-0.4, -0.2) is 18.1 Å². The Morgan fingerprint density at radius 3 is 3.06 bits per heavy atom. The van der Waals surface area contributed by atoms with Gasteiger partial charge in [0.15, 0.2) is 0 Å². The standard InChI is InChI=1S/C14H22N2/c1-12(2)9-13-5-4-8-16(11-13)14-6-3-7-15-10-14/h3,6-7,10,12-13H,4-5,8-9,11H2,1-2H3. The van der Waals surface area contributed by atoms with Crippen LogP contribution in [0.1, 0.15) is 33.1 Å². The van der Waals surface area contributed by atoms with Crippen molar-refractivity contribution in [3.63, 3.8) is 0 Å². The van der Waals surface area contributed by atoms with E-state index in [0.29, 0.717) is 0 Å². The maximum atomic E-state index is 4.20. The minimum Gasteiger partial charge on any atom is -0.370 e. The summed E-state index contributed by atoms with van der Waals surface area (Å²) in [6, 6.07) is 4.20. The molecule has 0 aliphatic carbocycles. The van der Waals surface area contributed by atoms with Crippen molar-refractivity contribution in [3.8, 4) is 0 Å². The van der Waals surface area contributed by atoms with Gasteiger partial charge in [-0.2, -0.15) is 0 Å².